The molecule has 0 aliphatic carbocycles. The molecule has 12 heteroatoms. The fraction of sp³-hybridized carbons (Fsp3) is 0.412. The number of phenols is 1. The third-order valence-electron chi connectivity index (χ3n) is 11.5. The van der Waals surface area contributed by atoms with Crippen LogP contribution < -0.4 is 35.8 Å². The molecule has 334 valence electrons. The normalized spacial score (nSPS) is 15.3. The molecule has 0 bridgehead atoms. The molecule has 4 aromatic carbocycles. The first-order chi connectivity index (χ1) is 30.1. The van der Waals surface area contributed by atoms with E-state index >= 15 is 0 Å². The number of hydrogen-bond acceptors (Lipinski definition) is 10. The van der Waals surface area contributed by atoms with Crippen molar-refractivity contribution in [2.45, 2.75) is 103 Å². The molecule has 63 heavy (non-hydrogen) atoms. The number of aromatic hydroxyl groups is 1. The second kappa shape index (κ2) is 20.2. The number of pyridine rings is 2. The second-order valence-corrected chi connectivity index (χ2v) is 19.8. The molecule has 6 aromatic rings. The Kier molecular flexibility index (Phi) is 14.8. The number of hydrogen-bond donors (Lipinski definition) is 5. The Morgan fingerprint density at radius 2 is 1.00 bits per heavy atom. The van der Waals surface area contributed by atoms with E-state index < -0.39 is 0 Å². The molecule has 4 heterocycles. The van der Waals surface area contributed by atoms with Crippen molar-refractivity contribution in [2.24, 2.45) is 0 Å². The summed E-state index contributed by atoms with van der Waals surface area (Å²) in [6.07, 6.45) is 4.47. The number of rotatable bonds is 11. The van der Waals surface area contributed by atoms with E-state index in [0.29, 0.717) is 25.2 Å². The van der Waals surface area contributed by atoms with E-state index in [4.69, 9.17) is 37.9 Å². The minimum Gasteiger partial charge on any atom is -0.508 e. The average Bonchev–Trinajstić information content (AvgIpc) is 3.25. The highest BCUT2D eigenvalue weighted by Gasteiger charge is 2.26. The topological polar surface area (TPSA) is 110 Å². The summed E-state index contributed by atoms with van der Waals surface area (Å²) in [5, 5.41) is 28.1. The van der Waals surface area contributed by atoms with Gasteiger partial charge in [0.05, 0.1) is 18.1 Å². The molecule has 10 nitrogen and oxygen atoms in total. The van der Waals surface area contributed by atoms with Crippen LogP contribution in [0, 0.1) is 0 Å². The molecule has 0 unspecified atom stereocenters. The van der Waals surface area contributed by atoms with Crippen LogP contribution in [0.4, 0.5) is 23.0 Å². The lowest BCUT2D eigenvalue weighted by atomic mass is 9.99. The van der Waals surface area contributed by atoms with E-state index in [1.54, 1.807) is 19.2 Å². The van der Waals surface area contributed by atoms with Gasteiger partial charge in [0.1, 0.15) is 23.1 Å². The van der Waals surface area contributed by atoms with Crippen molar-refractivity contribution in [1.82, 2.24) is 20.6 Å². The molecule has 2 aliphatic heterocycles. The molecule has 2 fully saturated rings. The lowest BCUT2D eigenvalue weighted by Crippen LogP contribution is -2.49. The van der Waals surface area contributed by atoms with Gasteiger partial charge in [-0.1, -0.05) is 47.5 Å². The van der Waals surface area contributed by atoms with Crippen molar-refractivity contribution in [2.75, 3.05) is 53.7 Å². The Morgan fingerprint density at radius 1 is 0.587 bits per heavy atom. The van der Waals surface area contributed by atoms with Crippen molar-refractivity contribution >= 4 is 68.0 Å². The lowest BCUT2D eigenvalue weighted by molar-refractivity contribution is 0.317. The number of nitrogens with one attached hydrogen (secondary N) is 4. The highest BCUT2D eigenvalue weighted by molar-refractivity contribution is 6.30. The molecule has 2 aromatic heterocycles. The minimum absolute atomic E-state index is 0.131. The SMILES string of the molecule is CC(C)(C)NC1CCN(c2cc(NCc3ccc(Cl)cc3)nc3cc(O)ccc23)CC1.COc1ccc2c(N3CCC(NC(C)(C)C)CC3)cc(NCc3ccc(Cl)cc3)nc2c1. The van der Waals surface area contributed by atoms with Crippen molar-refractivity contribution < 1.29 is 9.84 Å². The number of halogens is 2. The number of benzene rings is 4. The van der Waals surface area contributed by atoms with Crippen molar-refractivity contribution in [1.29, 1.82) is 0 Å². The van der Waals surface area contributed by atoms with Gasteiger partial charge in [0.2, 0.25) is 0 Å². The largest absolute Gasteiger partial charge is 0.508 e. The third kappa shape index (κ3) is 13.0. The van der Waals surface area contributed by atoms with Gasteiger partial charge in [-0.15, -0.1) is 0 Å². The van der Waals surface area contributed by atoms with Gasteiger partial charge < -0.3 is 40.9 Å². The van der Waals surface area contributed by atoms with E-state index in [1.165, 1.54) is 5.69 Å². The summed E-state index contributed by atoms with van der Waals surface area (Å²) in [4.78, 5) is 14.6. The number of aromatic nitrogens is 2. The third-order valence-corrected chi connectivity index (χ3v) is 12.0. The van der Waals surface area contributed by atoms with Crippen LogP contribution in [-0.4, -0.2) is 71.5 Å². The number of ether oxygens (including phenoxy) is 1. The predicted octanol–water partition coefficient (Wildman–Crippen LogP) is 11.4. The van der Waals surface area contributed by atoms with Gasteiger partial charge in [0, 0.05) is 119 Å². The molecule has 0 spiro atoms. The maximum atomic E-state index is 10.0. The van der Waals surface area contributed by atoms with E-state index in [0.717, 1.165) is 118 Å². The summed E-state index contributed by atoms with van der Waals surface area (Å²) < 4.78 is 5.45. The molecule has 0 radical (unpaired) electrons. The Morgan fingerprint density at radius 3 is 1.41 bits per heavy atom. The van der Waals surface area contributed by atoms with Crippen LogP contribution in [0.2, 0.25) is 10.0 Å². The molecule has 2 aliphatic rings. The first-order valence-electron chi connectivity index (χ1n) is 22.2. The second-order valence-electron chi connectivity index (χ2n) is 18.9. The quantitative estimate of drug-likeness (QED) is 0.0863. The molecular formula is C51H64Cl2N8O2. The number of phenolic OH excluding ortho intramolecular Hbond substituents is 1. The number of fused-ring (bicyclic) bond motifs is 2. The fourth-order valence-corrected chi connectivity index (χ4v) is 8.82. The number of piperidine rings is 2. The maximum absolute atomic E-state index is 10.0. The monoisotopic (exact) mass is 890 g/mol. The number of anilines is 4. The minimum atomic E-state index is 0.131. The van der Waals surface area contributed by atoms with Gasteiger partial charge in [0.25, 0.3) is 0 Å². The van der Waals surface area contributed by atoms with Crippen LogP contribution in [0.3, 0.4) is 0 Å². The van der Waals surface area contributed by atoms with Crippen LogP contribution in [0.15, 0.2) is 97.1 Å². The van der Waals surface area contributed by atoms with Crippen LogP contribution in [-0.2, 0) is 13.1 Å². The molecule has 8 rings (SSSR count). The summed E-state index contributed by atoms with van der Waals surface area (Å²) in [5.74, 6) is 2.72. The van der Waals surface area contributed by atoms with Gasteiger partial charge in [-0.25, -0.2) is 9.97 Å². The Hall–Kier alpha value is -5.00. The maximum Gasteiger partial charge on any atom is 0.129 e. The van der Waals surface area contributed by atoms with Crippen LogP contribution in [0.25, 0.3) is 21.8 Å². The first-order valence-corrected chi connectivity index (χ1v) is 23.0. The summed E-state index contributed by atoms with van der Waals surface area (Å²) in [6, 6.07) is 32.7. The zero-order valence-corrected chi connectivity index (χ0v) is 39.4. The summed E-state index contributed by atoms with van der Waals surface area (Å²) >= 11 is 12.0. The van der Waals surface area contributed by atoms with E-state index in [9.17, 15) is 5.11 Å². The fourth-order valence-electron chi connectivity index (χ4n) is 8.56. The Bertz CT molecular complexity index is 2440. The summed E-state index contributed by atoms with van der Waals surface area (Å²) in [6.45, 7) is 18.8. The highest BCUT2D eigenvalue weighted by atomic mass is 35.5. The van der Waals surface area contributed by atoms with Crippen LogP contribution in [0.1, 0.15) is 78.4 Å². The van der Waals surface area contributed by atoms with Gasteiger partial charge >= 0.3 is 0 Å². The van der Waals surface area contributed by atoms with Crippen molar-refractivity contribution in [3.63, 3.8) is 0 Å². The number of nitrogens with zero attached hydrogens (tertiary/aromatic N) is 4. The molecule has 0 saturated carbocycles. The van der Waals surface area contributed by atoms with E-state index in [-0.39, 0.29) is 16.8 Å². The van der Waals surface area contributed by atoms with E-state index in [2.05, 4.69) is 90.8 Å². The van der Waals surface area contributed by atoms with Gasteiger partial charge in [-0.05, 0) is 127 Å². The lowest BCUT2D eigenvalue weighted by Gasteiger charge is -2.37. The van der Waals surface area contributed by atoms with Crippen LogP contribution >= 0.6 is 23.2 Å². The molecule has 5 N–H and O–H groups in total. The Balaban J connectivity index is 0.000000189. The average molecular weight is 892 g/mol. The summed E-state index contributed by atoms with van der Waals surface area (Å²) in [7, 11) is 1.69. The zero-order chi connectivity index (χ0) is 44.7. The smallest absolute Gasteiger partial charge is 0.129 e. The van der Waals surface area contributed by atoms with Crippen LogP contribution in [0.5, 0.6) is 11.5 Å². The summed E-state index contributed by atoms with van der Waals surface area (Å²) in [5.41, 5.74) is 6.71. The zero-order valence-electron chi connectivity index (χ0n) is 37.9. The Labute approximate surface area is 383 Å². The van der Waals surface area contributed by atoms with E-state index in [1.807, 2.05) is 66.7 Å². The first kappa shape index (κ1) is 46.0. The molecule has 0 atom stereocenters. The van der Waals surface area contributed by atoms with Gasteiger partial charge in [0.15, 0.2) is 0 Å². The highest BCUT2D eigenvalue weighted by Crippen LogP contribution is 2.35. The molecule has 2 saturated heterocycles. The standard InChI is InChI=1S/C26H33ClN4O.C25H31ClN4O/c1-26(2,3)30-20-11-13-31(14-12-20)24-16-25(28-17-18-5-7-19(27)8-6-18)29-23-15-21(32-4)9-10-22(23)24;1-25(2,3)29-19-10-12-30(13-11-19)23-15-24(27-16-17-4-6-18(26)7-5-17)28-22-14-20(31)8-9-21(22)23/h5-10,15-16,20,30H,11-14,17H2,1-4H3,(H,28,29);4-9,14-15,19,29,31H,10-13,16H2,1-3H3,(H,27,28). The number of methoxy groups -OCH3 is 1. The predicted molar refractivity (Wildman–Crippen MR) is 266 cm³/mol. The van der Waals surface area contributed by atoms with Gasteiger partial charge in [-0.2, -0.15) is 0 Å². The molecular weight excluding hydrogens is 828 g/mol. The molecule has 0 amide bonds. The van der Waals surface area contributed by atoms with Gasteiger partial charge in [-0.3, -0.25) is 0 Å². The van der Waals surface area contributed by atoms with Crippen molar-refractivity contribution in [3.8, 4) is 11.5 Å². The van der Waals surface area contributed by atoms with Crippen molar-refractivity contribution in [3.05, 3.63) is 118 Å².